The van der Waals surface area contributed by atoms with Crippen molar-refractivity contribution in [2.24, 2.45) is 0 Å². The fraction of sp³-hybridized carbons (Fsp3) is 0.467. The second kappa shape index (κ2) is 5.43. The zero-order chi connectivity index (χ0) is 16.8. The Balaban J connectivity index is 1.73. The standard InChI is InChI=1S/C15H16F3N3O2/c16-15(17,18)11-5-2-6-21(11)12(22)8-20-7-9-3-1-4-10(19)13(9)14(20)23/h1,3-4,11H,2,5-8,19H2/t11-/m0/s1. The fourth-order valence-electron chi connectivity index (χ4n) is 3.24. The lowest BCUT2D eigenvalue weighted by atomic mass is 10.1. The summed E-state index contributed by atoms with van der Waals surface area (Å²) >= 11 is 0. The summed E-state index contributed by atoms with van der Waals surface area (Å²) in [5, 5.41) is 0. The van der Waals surface area contributed by atoms with Crippen molar-refractivity contribution in [3.8, 4) is 0 Å². The maximum absolute atomic E-state index is 12.9. The quantitative estimate of drug-likeness (QED) is 0.842. The summed E-state index contributed by atoms with van der Waals surface area (Å²) in [6, 6.07) is 3.26. The lowest BCUT2D eigenvalue weighted by molar-refractivity contribution is -0.182. The molecule has 1 aromatic carbocycles. The van der Waals surface area contributed by atoms with E-state index in [0.29, 0.717) is 23.2 Å². The Labute approximate surface area is 130 Å². The highest BCUT2D eigenvalue weighted by molar-refractivity contribution is 6.04. The first-order valence-electron chi connectivity index (χ1n) is 7.32. The van der Waals surface area contributed by atoms with Crippen molar-refractivity contribution in [3.05, 3.63) is 29.3 Å². The van der Waals surface area contributed by atoms with E-state index in [1.54, 1.807) is 18.2 Å². The number of rotatable bonds is 2. The topological polar surface area (TPSA) is 66.6 Å². The predicted molar refractivity (Wildman–Crippen MR) is 76.4 cm³/mol. The Morgan fingerprint density at radius 3 is 2.74 bits per heavy atom. The van der Waals surface area contributed by atoms with E-state index in [-0.39, 0.29) is 26.1 Å². The average Bonchev–Trinajstić information content (AvgIpc) is 3.05. The average molecular weight is 327 g/mol. The zero-order valence-corrected chi connectivity index (χ0v) is 12.3. The number of benzene rings is 1. The molecule has 124 valence electrons. The van der Waals surface area contributed by atoms with Gasteiger partial charge in [0.1, 0.15) is 12.6 Å². The minimum absolute atomic E-state index is 0.0696. The molecule has 1 aromatic rings. The van der Waals surface area contributed by atoms with E-state index in [9.17, 15) is 22.8 Å². The van der Waals surface area contributed by atoms with Crippen LogP contribution < -0.4 is 5.73 Å². The van der Waals surface area contributed by atoms with Crippen molar-refractivity contribution < 1.29 is 22.8 Å². The van der Waals surface area contributed by atoms with Gasteiger partial charge >= 0.3 is 6.18 Å². The number of carbonyl (C=O) groups is 2. The van der Waals surface area contributed by atoms with Crippen LogP contribution in [0.2, 0.25) is 0 Å². The SMILES string of the molecule is Nc1cccc2c1C(=O)N(CC(=O)N1CCC[C@H]1C(F)(F)F)C2. The van der Waals surface area contributed by atoms with Gasteiger partial charge in [-0.2, -0.15) is 13.2 Å². The second-order valence-corrected chi connectivity index (χ2v) is 5.83. The van der Waals surface area contributed by atoms with Crippen LogP contribution >= 0.6 is 0 Å². The van der Waals surface area contributed by atoms with E-state index in [2.05, 4.69) is 0 Å². The van der Waals surface area contributed by atoms with Crippen LogP contribution in [0.4, 0.5) is 18.9 Å². The number of halogens is 3. The lowest BCUT2D eigenvalue weighted by Gasteiger charge is -2.28. The van der Waals surface area contributed by atoms with Gasteiger partial charge in [0.2, 0.25) is 5.91 Å². The van der Waals surface area contributed by atoms with Crippen LogP contribution in [0.5, 0.6) is 0 Å². The first-order chi connectivity index (χ1) is 10.8. The molecule has 0 radical (unpaired) electrons. The van der Waals surface area contributed by atoms with Crippen LogP contribution in [0.25, 0.3) is 0 Å². The van der Waals surface area contributed by atoms with Crippen molar-refractivity contribution in [2.75, 3.05) is 18.8 Å². The highest BCUT2D eigenvalue weighted by Crippen LogP contribution is 2.33. The lowest BCUT2D eigenvalue weighted by Crippen LogP contribution is -2.48. The Bertz CT molecular complexity index is 660. The van der Waals surface area contributed by atoms with Crippen molar-refractivity contribution in [2.45, 2.75) is 31.6 Å². The van der Waals surface area contributed by atoms with Gasteiger partial charge < -0.3 is 15.5 Å². The van der Waals surface area contributed by atoms with Crippen molar-refractivity contribution in [1.29, 1.82) is 0 Å². The number of hydrogen-bond donors (Lipinski definition) is 1. The van der Waals surface area contributed by atoms with Gasteiger partial charge in [-0.3, -0.25) is 9.59 Å². The number of hydrogen-bond acceptors (Lipinski definition) is 3. The largest absolute Gasteiger partial charge is 0.408 e. The Hall–Kier alpha value is -2.25. The molecule has 1 atom stereocenters. The van der Waals surface area contributed by atoms with Gasteiger partial charge in [0, 0.05) is 18.8 Å². The van der Waals surface area contributed by atoms with Gasteiger partial charge in [-0.25, -0.2) is 0 Å². The second-order valence-electron chi connectivity index (χ2n) is 5.83. The summed E-state index contributed by atoms with van der Waals surface area (Å²) in [6.45, 7) is -0.102. The van der Waals surface area contributed by atoms with Gasteiger partial charge in [-0.15, -0.1) is 0 Å². The minimum atomic E-state index is -4.44. The molecule has 0 bridgehead atoms. The minimum Gasteiger partial charge on any atom is -0.398 e. The van der Waals surface area contributed by atoms with Crippen LogP contribution in [0.3, 0.4) is 0 Å². The number of anilines is 1. The molecule has 1 saturated heterocycles. The first-order valence-corrected chi connectivity index (χ1v) is 7.32. The molecule has 0 spiro atoms. The highest BCUT2D eigenvalue weighted by atomic mass is 19.4. The molecule has 23 heavy (non-hydrogen) atoms. The van der Waals surface area contributed by atoms with E-state index in [4.69, 9.17) is 5.73 Å². The summed E-state index contributed by atoms with van der Waals surface area (Å²) in [4.78, 5) is 26.6. The number of nitrogen functional groups attached to an aromatic ring is 1. The molecule has 0 aromatic heterocycles. The molecule has 0 aliphatic carbocycles. The van der Waals surface area contributed by atoms with Gasteiger partial charge in [0.25, 0.3) is 5.91 Å². The smallest absolute Gasteiger partial charge is 0.398 e. The molecule has 2 heterocycles. The molecule has 2 aliphatic heterocycles. The van der Waals surface area contributed by atoms with E-state index in [1.807, 2.05) is 0 Å². The highest BCUT2D eigenvalue weighted by Gasteiger charge is 2.48. The molecule has 5 nitrogen and oxygen atoms in total. The number of nitrogens with two attached hydrogens (primary N) is 1. The van der Waals surface area contributed by atoms with E-state index in [1.165, 1.54) is 4.90 Å². The maximum atomic E-state index is 12.9. The number of fused-ring (bicyclic) bond motifs is 1. The number of amides is 2. The van der Waals surface area contributed by atoms with Crippen LogP contribution in [0.15, 0.2) is 18.2 Å². The monoisotopic (exact) mass is 327 g/mol. The Kier molecular flexibility index (Phi) is 3.69. The van der Waals surface area contributed by atoms with Gasteiger partial charge in [0.15, 0.2) is 0 Å². The first kappa shape index (κ1) is 15.6. The maximum Gasteiger partial charge on any atom is 0.408 e. The molecular formula is C15H16F3N3O2. The molecule has 0 saturated carbocycles. The molecule has 0 unspecified atom stereocenters. The Morgan fingerprint density at radius 2 is 2.09 bits per heavy atom. The molecule has 2 aliphatic rings. The van der Waals surface area contributed by atoms with E-state index < -0.39 is 24.0 Å². The third-order valence-corrected chi connectivity index (χ3v) is 4.32. The van der Waals surface area contributed by atoms with Crippen LogP contribution in [-0.2, 0) is 11.3 Å². The zero-order valence-electron chi connectivity index (χ0n) is 12.3. The van der Waals surface area contributed by atoms with Gasteiger partial charge in [-0.05, 0) is 24.5 Å². The van der Waals surface area contributed by atoms with Crippen molar-refractivity contribution >= 4 is 17.5 Å². The summed E-state index contributed by atoms with van der Waals surface area (Å²) in [5.41, 5.74) is 7.11. The summed E-state index contributed by atoms with van der Waals surface area (Å²) in [6.07, 6.45) is -4.21. The van der Waals surface area contributed by atoms with E-state index >= 15 is 0 Å². The van der Waals surface area contributed by atoms with Crippen molar-refractivity contribution in [3.63, 3.8) is 0 Å². The summed E-state index contributed by atoms with van der Waals surface area (Å²) in [7, 11) is 0. The molecule has 2 N–H and O–H groups in total. The van der Waals surface area contributed by atoms with E-state index in [0.717, 1.165) is 4.90 Å². The van der Waals surface area contributed by atoms with Gasteiger partial charge in [-0.1, -0.05) is 12.1 Å². The predicted octanol–water partition coefficient (Wildman–Crippen LogP) is 1.78. The summed E-state index contributed by atoms with van der Waals surface area (Å²) < 4.78 is 38.8. The number of carbonyl (C=O) groups excluding carboxylic acids is 2. The van der Waals surface area contributed by atoms with Crippen LogP contribution in [-0.4, -0.2) is 46.9 Å². The van der Waals surface area contributed by atoms with Crippen LogP contribution in [0.1, 0.15) is 28.8 Å². The number of nitrogens with zero attached hydrogens (tertiary/aromatic N) is 2. The Morgan fingerprint density at radius 1 is 1.35 bits per heavy atom. The fourth-order valence-corrected chi connectivity index (χ4v) is 3.24. The third-order valence-electron chi connectivity index (χ3n) is 4.32. The third kappa shape index (κ3) is 2.73. The number of likely N-dealkylation sites (tertiary alicyclic amines) is 1. The van der Waals surface area contributed by atoms with Crippen LogP contribution in [0, 0.1) is 0 Å². The normalized spacial score (nSPS) is 21.0. The summed E-state index contributed by atoms with van der Waals surface area (Å²) in [5.74, 6) is -1.08. The number of alkyl halides is 3. The molecule has 3 rings (SSSR count). The molecule has 1 fully saturated rings. The molecule has 2 amide bonds. The molecule has 8 heteroatoms. The molecular weight excluding hydrogens is 311 g/mol. The van der Waals surface area contributed by atoms with Crippen molar-refractivity contribution in [1.82, 2.24) is 9.80 Å². The van der Waals surface area contributed by atoms with Gasteiger partial charge in [0.05, 0.1) is 5.56 Å².